The zero-order valence-electron chi connectivity index (χ0n) is 11.0. The van der Waals surface area contributed by atoms with Gasteiger partial charge in [0.15, 0.2) is 0 Å². The first kappa shape index (κ1) is 15.5. The summed E-state index contributed by atoms with van der Waals surface area (Å²) < 4.78 is 15.7. The average Bonchev–Trinajstić information content (AvgIpc) is 2.40. The molecule has 5 nitrogen and oxygen atoms in total. The fourth-order valence-electron chi connectivity index (χ4n) is 1.45. The van der Waals surface area contributed by atoms with Gasteiger partial charge in [-0.15, -0.1) is 0 Å². The third-order valence-corrected chi connectivity index (χ3v) is 2.88. The first-order chi connectivity index (χ1) is 9.04. The topological polar surface area (TPSA) is 61.8 Å². The van der Waals surface area contributed by atoms with Crippen LogP contribution in [0.3, 0.4) is 0 Å². The molecule has 0 aliphatic rings. The number of halogens is 1. The van der Waals surface area contributed by atoms with E-state index in [4.69, 9.17) is 14.2 Å². The quantitative estimate of drug-likeness (QED) is 0.455. The first-order valence-corrected chi connectivity index (χ1v) is 6.56. The van der Waals surface area contributed by atoms with E-state index in [0.717, 1.165) is 0 Å². The molecule has 0 aliphatic heterocycles. The standard InChI is InChI=1S/C13H15BrO5/c1-4-18-10-7-11(17-3)9(14)6-8(10)12(15)13(16)19-5-2/h6-7H,4-5H2,1-3H3. The number of hydrogen-bond donors (Lipinski definition) is 0. The van der Waals surface area contributed by atoms with Crippen molar-refractivity contribution in [3.63, 3.8) is 0 Å². The predicted octanol–water partition coefficient (Wildman–Crippen LogP) is 2.60. The molecular weight excluding hydrogens is 316 g/mol. The summed E-state index contributed by atoms with van der Waals surface area (Å²) in [6.07, 6.45) is 0. The second-order valence-corrected chi connectivity index (χ2v) is 4.32. The van der Waals surface area contributed by atoms with E-state index in [9.17, 15) is 9.59 Å². The maximum atomic E-state index is 12.0. The fraction of sp³-hybridized carbons (Fsp3) is 0.385. The Morgan fingerprint density at radius 3 is 2.37 bits per heavy atom. The van der Waals surface area contributed by atoms with E-state index in [1.807, 2.05) is 0 Å². The molecule has 0 unspecified atom stereocenters. The van der Waals surface area contributed by atoms with Crippen molar-refractivity contribution >= 4 is 27.7 Å². The smallest absolute Gasteiger partial charge is 0.379 e. The van der Waals surface area contributed by atoms with Gasteiger partial charge in [-0.1, -0.05) is 0 Å². The van der Waals surface area contributed by atoms with E-state index in [-0.39, 0.29) is 12.2 Å². The highest BCUT2D eigenvalue weighted by atomic mass is 79.9. The number of Topliss-reactive ketones (excluding diaryl/α,β-unsaturated/α-hetero) is 1. The number of carbonyl (C=O) groups is 2. The highest BCUT2D eigenvalue weighted by molar-refractivity contribution is 9.10. The number of methoxy groups -OCH3 is 1. The third-order valence-electron chi connectivity index (χ3n) is 2.26. The molecule has 0 spiro atoms. The van der Waals surface area contributed by atoms with Crippen LogP contribution in [0.5, 0.6) is 11.5 Å². The highest BCUT2D eigenvalue weighted by Crippen LogP contribution is 2.33. The molecule has 0 saturated heterocycles. The molecule has 0 heterocycles. The fourth-order valence-corrected chi connectivity index (χ4v) is 1.96. The van der Waals surface area contributed by atoms with Crippen LogP contribution in [0.4, 0.5) is 0 Å². The van der Waals surface area contributed by atoms with Gasteiger partial charge >= 0.3 is 5.97 Å². The molecule has 0 aliphatic carbocycles. The summed E-state index contributed by atoms with van der Waals surface area (Å²) in [5.74, 6) is -0.835. The Bertz CT molecular complexity index is 484. The van der Waals surface area contributed by atoms with Crippen LogP contribution in [0.2, 0.25) is 0 Å². The van der Waals surface area contributed by atoms with Crippen LogP contribution < -0.4 is 9.47 Å². The van der Waals surface area contributed by atoms with Crippen molar-refractivity contribution in [3.05, 3.63) is 22.2 Å². The van der Waals surface area contributed by atoms with Crippen molar-refractivity contribution < 1.29 is 23.8 Å². The molecule has 0 radical (unpaired) electrons. The van der Waals surface area contributed by atoms with Gasteiger partial charge in [0.05, 0.1) is 30.4 Å². The molecule has 6 heteroatoms. The minimum Gasteiger partial charge on any atom is -0.495 e. The van der Waals surface area contributed by atoms with Gasteiger partial charge in [0.25, 0.3) is 5.78 Å². The number of carbonyl (C=O) groups excluding carboxylic acids is 2. The molecule has 0 N–H and O–H groups in total. The normalized spacial score (nSPS) is 9.89. The van der Waals surface area contributed by atoms with Gasteiger partial charge in [0.2, 0.25) is 0 Å². The number of ketones is 1. The summed E-state index contributed by atoms with van der Waals surface area (Å²) in [6.45, 7) is 3.94. The number of ether oxygens (including phenoxy) is 3. The van der Waals surface area contributed by atoms with E-state index in [1.54, 1.807) is 19.9 Å². The maximum Gasteiger partial charge on any atom is 0.379 e. The molecule has 0 bridgehead atoms. The van der Waals surface area contributed by atoms with Crippen LogP contribution in [0, 0.1) is 0 Å². The van der Waals surface area contributed by atoms with Crippen LogP contribution in [0.1, 0.15) is 24.2 Å². The molecule has 0 saturated carbocycles. The summed E-state index contributed by atoms with van der Waals surface area (Å²) in [5.41, 5.74) is 0.146. The lowest BCUT2D eigenvalue weighted by Gasteiger charge is -2.12. The minimum atomic E-state index is -0.902. The minimum absolute atomic E-state index is 0.145. The van der Waals surface area contributed by atoms with Crippen molar-refractivity contribution in [2.45, 2.75) is 13.8 Å². The third kappa shape index (κ3) is 3.70. The van der Waals surface area contributed by atoms with Gasteiger partial charge in [0, 0.05) is 6.07 Å². The van der Waals surface area contributed by atoms with E-state index in [1.165, 1.54) is 13.2 Å². The van der Waals surface area contributed by atoms with Gasteiger partial charge in [-0.3, -0.25) is 4.79 Å². The number of rotatable bonds is 6. The van der Waals surface area contributed by atoms with E-state index in [0.29, 0.717) is 22.6 Å². The Morgan fingerprint density at radius 2 is 1.84 bits per heavy atom. The molecule has 0 atom stereocenters. The lowest BCUT2D eigenvalue weighted by molar-refractivity contribution is -0.137. The molecule has 19 heavy (non-hydrogen) atoms. The Labute approximate surface area is 120 Å². The lowest BCUT2D eigenvalue weighted by atomic mass is 10.1. The van der Waals surface area contributed by atoms with Gasteiger partial charge in [-0.25, -0.2) is 4.79 Å². The number of benzene rings is 1. The van der Waals surface area contributed by atoms with Crippen molar-refractivity contribution in [3.8, 4) is 11.5 Å². The molecule has 1 rings (SSSR count). The number of esters is 1. The van der Waals surface area contributed by atoms with Crippen molar-refractivity contribution in [1.82, 2.24) is 0 Å². The van der Waals surface area contributed by atoms with Gasteiger partial charge in [-0.2, -0.15) is 0 Å². The Balaban J connectivity index is 3.21. The Hall–Kier alpha value is -1.56. The summed E-state index contributed by atoms with van der Waals surface area (Å²) in [6, 6.07) is 3.04. The summed E-state index contributed by atoms with van der Waals surface area (Å²) in [5, 5.41) is 0. The summed E-state index contributed by atoms with van der Waals surface area (Å²) in [4.78, 5) is 23.5. The predicted molar refractivity (Wildman–Crippen MR) is 72.8 cm³/mol. The lowest BCUT2D eigenvalue weighted by Crippen LogP contribution is -2.18. The summed E-state index contributed by atoms with van der Waals surface area (Å²) >= 11 is 3.26. The van der Waals surface area contributed by atoms with Crippen LogP contribution in [0.25, 0.3) is 0 Å². The van der Waals surface area contributed by atoms with E-state index < -0.39 is 11.8 Å². The van der Waals surface area contributed by atoms with Crippen LogP contribution >= 0.6 is 15.9 Å². The molecular formula is C13H15BrO5. The van der Waals surface area contributed by atoms with Gasteiger partial charge in [-0.05, 0) is 35.8 Å². The van der Waals surface area contributed by atoms with Crippen LogP contribution in [-0.4, -0.2) is 32.1 Å². The Morgan fingerprint density at radius 1 is 1.16 bits per heavy atom. The maximum absolute atomic E-state index is 12.0. The monoisotopic (exact) mass is 330 g/mol. The second-order valence-electron chi connectivity index (χ2n) is 3.47. The first-order valence-electron chi connectivity index (χ1n) is 5.76. The van der Waals surface area contributed by atoms with Gasteiger partial charge in [0.1, 0.15) is 11.5 Å². The van der Waals surface area contributed by atoms with Crippen molar-refractivity contribution in [2.24, 2.45) is 0 Å². The highest BCUT2D eigenvalue weighted by Gasteiger charge is 2.23. The molecule has 0 fully saturated rings. The zero-order valence-corrected chi connectivity index (χ0v) is 12.6. The van der Waals surface area contributed by atoms with Gasteiger partial charge < -0.3 is 14.2 Å². The zero-order chi connectivity index (χ0) is 14.4. The largest absolute Gasteiger partial charge is 0.495 e. The summed E-state index contributed by atoms with van der Waals surface area (Å²) in [7, 11) is 1.50. The van der Waals surface area contributed by atoms with E-state index >= 15 is 0 Å². The molecule has 0 aromatic heterocycles. The van der Waals surface area contributed by atoms with Crippen LogP contribution in [-0.2, 0) is 9.53 Å². The van der Waals surface area contributed by atoms with Crippen molar-refractivity contribution in [2.75, 3.05) is 20.3 Å². The van der Waals surface area contributed by atoms with E-state index in [2.05, 4.69) is 15.9 Å². The Kier molecular flexibility index (Phi) is 5.82. The second kappa shape index (κ2) is 7.13. The van der Waals surface area contributed by atoms with Crippen molar-refractivity contribution in [1.29, 1.82) is 0 Å². The van der Waals surface area contributed by atoms with Crippen LogP contribution in [0.15, 0.2) is 16.6 Å². The molecule has 0 amide bonds. The number of hydrogen-bond acceptors (Lipinski definition) is 5. The average molecular weight is 331 g/mol. The molecule has 1 aromatic carbocycles. The molecule has 104 valence electrons. The SMILES string of the molecule is CCOC(=O)C(=O)c1cc(Br)c(OC)cc1OCC. The molecule has 1 aromatic rings.